The minimum absolute atomic E-state index is 0.0136. The Morgan fingerprint density at radius 1 is 1.20 bits per heavy atom. The summed E-state index contributed by atoms with van der Waals surface area (Å²) < 4.78 is 5.21. The van der Waals surface area contributed by atoms with Gasteiger partial charge in [0.05, 0.1) is 10.4 Å². The van der Waals surface area contributed by atoms with Gasteiger partial charge in [0.1, 0.15) is 16.7 Å². The summed E-state index contributed by atoms with van der Waals surface area (Å²) in [6.45, 7) is 1.59. The number of benzene rings is 2. The van der Waals surface area contributed by atoms with Crippen LogP contribution in [-0.2, 0) is 28.0 Å². The molecule has 1 amide bonds. The van der Waals surface area contributed by atoms with Gasteiger partial charge in [-0.2, -0.15) is 0 Å². The number of alkyl halides is 1. The summed E-state index contributed by atoms with van der Waals surface area (Å²) in [6, 6.07) is 8.92. The summed E-state index contributed by atoms with van der Waals surface area (Å²) in [7, 11) is 0. The van der Waals surface area contributed by atoms with Crippen molar-refractivity contribution in [3.8, 4) is 5.75 Å². The maximum absolute atomic E-state index is 13.3. The molecule has 2 aromatic rings. The molecule has 9 heteroatoms. The van der Waals surface area contributed by atoms with E-state index in [1.54, 1.807) is 6.07 Å². The second kappa shape index (κ2) is 8.84. The molecule has 0 radical (unpaired) electrons. The van der Waals surface area contributed by atoms with E-state index in [1.165, 1.54) is 0 Å². The van der Waals surface area contributed by atoms with E-state index in [1.807, 2.05) is 31.2 Å². The van der Waals surface area contributed by atoms with Crippen LogP contribution in [0.3, 0.4) is 0 Å². The zero-order valence-electron chi connectivity index (χ0n) is 15.9. The summed E-state index contributed by atoms with van der Waals surface area (Å²) in [5, 5.41) is 11.6. The number of ether oxygens (including phenoxy) is 1. The Morgan fingerprint density at radius 2 is 1.87 bits per heavy atom. The van der Waals surface area contributed by atoms with Gasteiger partial charge in [-0.05, 0) is 36.1 Å². The van der Waals surface area contributed by atoms with Crippen molar-refractivity contribution in [2.24, 2.45) is 0 Å². The molecule has 1 unspecified atom stereocenters. The first-order valence-corrected chi connectivity index (χ1v) is 10.3. The molecule has 158 valence electrons. The van der Waals surface area contributed by atoms with Crippen molar-refractivity contribution in [1.29, 1.82) is 0 Å². The fourth-order valence-corrected chi connectivity index (χ4v) is 4.09. The molecule has 1 aliphatic carbocycles. The van der Waals surface area contributed by atoms with Crippen LogP contribution in [0.4, 0.5) is 0 Å². The smallest absolute Gasteiger partial charge is 0.341 e. The van der Waals surface area contributed by atoms with Crippen molar-refractivity contribution in [1.82, 2.24) is 5.32 Å². The largest absolute Gasteiger partial charge is 0.480 e. The number of carbonyl (C=O) groups is 3. The zero-order chi connectivity index (χ0) is 22.1. The average molecular weight is 471 g/mol. The molecule has 6 nitrogen and oxygen atoms in total. The number of Topliss-reactive ketones (excluding diaryl/α,β-unsaturated/α-hetero) is 1. The minimum atomic E-state index is -1.15. The number of hydrogen-bond donors (Lipinski definition) is 2. The molecule has 3 rings (SSSR count). The third-order valence-electron chi connectivity index (χ3n) is 5.08. The predicted molar refractivity (Wildman–Crippen MR) is 114 cm³/mol. The normalized spacial score (nSPS) is 17.5. The molecule has 0 spiro atoms. The molecule has 0 bridgehead atoms. The lowest BCUT2D eigenvalue weighted by Gasteiger charge is -2.23. The number of ketones is 1. The number of amides is 1. The summed E-state index contributed by atoms with van der Waals surface area (Å²) in [6.07, 6.45) is 0.365. The number of fused-ring (bicyclic) bond motifs is 1. The lowest BCUT2D eigenvalue weighted by Crippen LogP contribution is -2.29. The van der Waals surface area contributed by atoms with E-state index in [-0.39, 0.29) is 33.4 Å². The summed E-state index contributed by atoms with van der Waals surface area (Å²) in [4.78, 5) is 35.3. The standard InChI is InChI=1S/C21H18Cl3NO5/c1-21(13-4-2-11(3-5-13)9-25-15(26)8-22)7-12-6-14(30-10-16(27)28)18(23)19(24)17(12)20(21)29/h2-6H,7-10H2,1H3,(H,25,26)(H,27,28). The van der Waals surface area contributed by atoms with E-state index >= 15 is 0 Å². The molecular formula is C21H18Cl3NO5. The first-order valence-electron chi connectivity index (χ1n) is 8.99. The van der Waals surface area contributed by atoms with Gasteiger partial charge in [0.2, 0.25) is 5.91 Å². The van der Waals surface area contributed by atoms with Crippen molar-refractivity contribution in [3.05, 3.63) is 62.6 Å². The van der Waals surface area contributed by atoms with E-state index in [0.717, 1.165) is 11.1 Å². The van der Waals surface area contributed by atoms with Crippen molar-refractivity contribution >= 4 is 52.5 Å². The lowest BCUT2D eigenvalue weighted by molar-refractivity contribution is -0.139. The molecule has 0 heterocycles. The summed E-state index contributed by atoms with van der Waals surface area (Å²) in [5.74, 6) is -1.56. The molecule has 1 aliphatic rings. The highest BCUT2D eigenvalue weighted by Crippen LogP contribution is 2.47. The highest BCUT2D eigenvalue weighted by atomic mass is 35.5. The number of carboxylic acids is 1. The van der Waals surface area contributed by atoms with Gasteiger partial charge in [0, 0.05) is 12.1 Å². The van der Waals surface area contributed by atoms with Crippen LogP contribution in [-0.4, -0.2) is 35.3 Å². The van der Waals surface area contributed by atoms with Gasteiger partial charge in [-0.25, -0.2) is 4.79 Å². The second-order valence-corrected chi connectivity index (χ2v) is 8.19. The van der Waals surface area contributed by atoms with E-state index < -0.39 is 18.0 Å². The third-order valence-corrected chi connectivity index (χ3v) is 6.17. The van der Waals surface area contributed by atoms with Crippen LogP contribution in [0.15, 0.2) is 30.3 Å². The molecule has 1 atom stereocenters. The number of carboxylic acid groups (broad SMARTS) is 1. The summed E-state index contributed by atoms with van der Waals surface area (Å²) >= 11 is 18.0. The van der Waals surface area contributed by atoms with Crippen LogP contribution in [0, 0.1) is 0 Å². The Morgan fingerprint density at radius 3 is 2.47 bits per heavy atom. The lowest BCUT2D eigenvalue weighted by atomic mass is 9.78. The highest BCUT2D eigenvalue weighted by molar-refractivity contribution is 6.45. The van der Waals surface area contributed by atoms with Crippen LogP contribution in [0.2, 0.25) is 10.0 Å². The number of carbonyl (C=O) groups excluding carboxylic acids is 2. The van der Waals surface area contributed by atoms with Crippen molar-refractivity contribution < 1.29 is 24.2 Å². The van der Waals surface area contributed by atoms with E-state index in [2.05, 4.69) is 5.32 Å². The molecule has 0 aliphatic heterocycles. The van der Waals surface area contributed by atoms with Crippen molar-refractivity contribution in [2.45, 2.75) is 25.3 Å². The zero-order valence-corrected chi connectivity index (χ0v) is 18.2. The Bertz CT molecular complexity index is 1020. The number of nitrogens with one attached hydrogen (secondary N) is 1. The topological polar surface area (TPSA) is 92.7 Å². The quantitative estimate of drug-likeness (QED) is 0.597. The fourth-order valence-electron chi connectivity index (χ4n) is 3.49. The molecule has 0 aromatic heterocycles. The van der Waals surface area contributed by atoms with Crippen molar-refractivity contribution in [2.75, 3.05) is 12.5 Å². The Balaban J connectivity index is 1.88. The Hall–Kier alpha value is -2.28. The van der Waals surface area contributed by atoms with Crippen LogP contribution in [0.1, 0.15) is 34.0 Å². The molecule has 0 saturated carbocycles. The van der Waals surface area contributed by atoms with Crippen LogP contribution >= 0.6 is 34.8 Å². The van der Waals surface area contributed by atoms with Crippen LogP contribution in [0.5, 0.6) is 5.75 Å². The molecular weight excluding hydrogens is 453 g/mol. The SMILES string of the molecule is CC1(c2ccc(CNC(=O)CCl)cc2)Cc2cc(OCC(=O)O)c(Cl)c(Cl)c2C1=O. The van der Waals surface area contributed by atoms with Gasteiger partial charge in [-0.15, -0.1) is 11.6 Å². The van der Waals surface area contributed by atoms with Crippen LogP contribution in [0.25, 0.3) is 0 Å². The molecule has 0 fully saturated rings. The number of halogens is 3. The monoisotopic (exact) mass is 469 g/mol. The molecule has 2 aromatic carbocycles. The third kappa shape index (κ3) is 4.26. The Labute approximate surface area is 188 Å². The predicted octanol–water partition coefficient (Wildman–Crippen LogP) is 4.01. The summed E-state index contributed by atoms with van der Waals surface area (Å²) in [5.41, 5.74) is 1.77. The number of hydrogen-bond acceptors (Lipinski definition) is 4. The van der Waals surface area contributed by atoms with Gasteiger partial charge in [-0.1, -0.05) is 47.5 Å². The van der Waals surface area contributed by atoms with Gasteiger partial charge in [0.15, 0.2) is 12.4 Å². The average Bonchev–Trinajstić information content (AvgIpc) is 2.99. The van der Waals surface area contributed by atoms with Gasteiger partial charge < -0.3 is 15.2 Å². The first-order chi connectivity index (χ1) is 14.2. The molecule has 0 saturated heterocycles. The van der Waals surface area contributed by atoms with Gasteiger partial charge >= 0.3 is 5.97 Å². The second-order valence-electron chi connectivity index (χ2n) is 7.16. The highest BCUT2D eigenvalue weighted by Gasteiger charge is 2.45. The number of aliphatic carboxylic acids is 1. The molecule has 30 heavy (non-hydrogen) atoms. The van der Waals surface area contributed by atoms with Crippen molar-refractivity contribution in [3.63, 3.8) is 0 Å². The van der Waals surface area contributed by atoms with Crippen LogP contribution < -0.4 is 10.1 Å². The van der Waals surface area contributed by atoms with E-state index in [4.69, 9.17) is 44.6 Å². The van der Waals surface area contributed by atoms with E-state index in [9.17, 15) is 14.4 Å². The van der Waals surface area contributed by atoms with E-state index in [0.29, 0.717) is 24.1 Å². The minimum Gasteiger partial charge on any atom is -0.480 e. The maximum Gasteiger partial charge on any atom is 0.341 e. The van der Waals surface area contributed by atoms with Gasteiger partial charge in [-0.3, -0.25) is 9.59 Å². The molecule has 2 N–H and O–H groups in total. The fraction of sp³-hybridized carbons (Fsp3) is 0.286. The maximum atomic E-state index is 13.3. The first kappa shape index (κ1) is 22.4. The van der Waals surface area contributed by atoms with Gasteiger partial charge in [0.25, 0.3) is 0 Å². The number of rotatable bonds is 7. The Kier molecular flexibility index (Phi) is 6.60.